The lowest BCUT2D eigenvalue weighted by molar-refractivity contribution is 0.528. The SMILES string of the molecule is CCC1CN(c2c(C)cccc2Cl)CCCN1. The molecule has 0 amide bonds. The van der Waals surface area contributed by atoms with Crippen LogP contribution in [0.1, 0.15) is 25.3 Å². The van der Waals surface area contributed by atoms with Gasteiger partial charge in [-0.1, -0.05) is 30.7 Å². The summed E-state index contributed by atoms with van der Waals surface area (Å²) in [4.78, 5) is 2.44. The second kappa shape index (κ2) is 5.74. The second-order valence-electron chi connectivity index (χ2n) is 4.76. The molecule has 0 aliphatic carbocycles. The molecule has 0 spiro atoms. The van der Waals surface area contributed by atoms with Gasteiger partial charge in [-0.15, -0.1) is 0 Å². The highest BCUT2D eigenvalue weighted by molar-refractivity contribution is 6.33. The number of nitrogens with one attached hydrogen (secondary N) is 1. The van der Waals surface area contributed by atoms with Gasteiger partial charge in [-0.2, -0.15) is 0 Å². The number of benzene rings is 1. The maximum absolute atomic E-state index is 6.34. The molecule has 3 heteroatoms. The largest absolute Gasteiger partial charge is 0.369 e. The fourth-order valence-electron chi connectivity index (χ4n) is 2.50. The van der Waals surface area contributed by atoms with Gasteiger partial charge in [0.15, 0.2) is 0 Å². The first kappa shape index (κ1) is 12.7. The molecule has 0 bridgehead atoms. The molecule has 2 rings (SSSR count). The van der Waals surface area contributed by atoms with Gasteiger partial charge >= 0.3 is 0 Å². The topological polar surface area (TPSA) is 15.3 Å². The van der Waals surface area contributed by atoms with Gasteiger partial charge in [-0.05, 0) is 37.9 Å². The Balaban J connectivity index is 2.25. The summed E-state index contributed by atoms with van der Waals surface area (Å²) in [7, 11) is 0. The van der Waals surface area contributed by atoms with E-state index in [1.54, 1.807) is 0 Å². The van der Waals surface area contributed by atoms with Crippen molar-refractivity contribution < 1.29 is 0 Å². The van der Waals surface area contributed by atoms with Gasteiger partial charge in [0.1, 0.15) is 0 Å². The lowest BCUT2D eigenvalue weighted by atomic mass is 10.1. The smallest absolute Gasteiger partial charge is 0.0642 e. The molecular formula is C14H21ClN2. The molecule has 1 aromatic carbocycles. The number of nitrogens with zero attached hydrogens (tertiary/aromatic N) is 1. The van der Waals surface area contributed by atoms with E-state index in [4.69, 9.17) is 11.6 Å². The lowest BCUT2D eigenvalue weighted by Crippen LogP contribution is -2.37. The molecular weight excluding hydrogens is 232 g/mol. The quantitative estimate of drug-likeness (QED) is 0.870. The molecule has 1 saturated heterocycles. The van der Waals surface area contributed by atoms with Crippen LogP contribution in [-0.2, 0) is 0 Å². The van der Waals surface area contributed by atoms with Crippen molar-refractivity contribution in [2.24, 2.45) is 0 Å². The van der Waals surface area contributed by atoms with Gasteiger partial charge < -0.3 is 10.2 Å². The van der Waals surface area contributed by atoms with Gasteiger partial charge in [-0.25, -0.2) is 0 Å². The van der Waals surface area contributed by atoms with E-state index >= 15 is 0 Å². The molecule has 0 saturated carbocycles. The van der Waals surface area contributed by atoms with Crippen molar-refractivity contribution in [2.75, 3.05) is 24.5 Å². The Morgan fingerprint density at radius 3 is 3.00 bits per heavy atom. The third-order valence-electron chi connectivity index (χ3n) is 3.48. The number of halogens is 1. The zero-order chi connectivity index (χ0) is 12.3. The number of anilines is 1. The monoisotopic (exact) mass is 252 g/mol. The van der Waals surface area contributed by atoms with Gasteiger partial charge in [0, 0.05) is 19.1 Å². The average molecular weight is 253 g/mol. The first-order valence-electron chi connectivity index (χ1n) is 6.45. The molecule has 1 aromatic rings. The zero-order valence-corrected chi connectivity index (χ0v) is 11.4. The number of para-hydroxylation sites is 1. The summed E-state index contributed by atoms with van der Waals surface area (Å²) >= 11 is 6.34. The molecule has 1 aliphatic heterocycles. The first-order chi connectivity index (χ1) is 8.22. The van der Waals surface area contributed by atoms with Crippen LogP contribution in [-0.4, -0.2) is 25.7 Å². The normalized spacial score (nSPS) is 21.4. The van der Waals surface area contributed by atoms with E-state index in [-0.39, 0.29) is 0 Å². The Morgan fingerprint density at radius 2 is 2.29 bits per heavy atom. The minimum Gasteiger partial charge on any atom is -0.369 e. The predicted octanol–water partition coefficient (Wildman–Crippen LogP) is 3.23. The van der Waals surface area contributed by atoms with E-state index in [2.05, 4.69) is 30.1 Å². The summed E-state index contributed by atoms with van der Waals surface area (Å²) < 4.78 is 0. The minimum atomic E-state index is 0.577. The molecule has 1 N–H and O–H groups in total. The van der Waals surface area contributed by atoms with Gasteiger partial charge in [0.25, 0.3) is 0 Å². The maximum Gasteiger partial charge on any atom is 0.0642 e. The molecule has 1 fully saturated rings. The standard InChI is InChI=1S/C14H21ClN2/c1-3-12-10-17(9-5-8-16-12)14-11(2)6-4-7-13(14)15/h4,6-7,12,16H,3,5,8-10H2,1-2H3. The fourth-order valence-corrected chi connectivity index (χ4v) is 2.84. The van der Waals surface area contributed by atoms with Gasteiger partial charge in [0.2, 0.25) is 0 Å². The number of hydrogen-bond acceptors (Lipinski definition) is 2. The molecule has 94 valence electrons. The molecule has 0 radical (unpaired) electrons. The summed E-state index contributed by atoms with van der Waals surface area (Å²) in [6.45, 7) is 7.63. The summed E-state index contributed by atoms with van der Waals surface area (Å²) in [6, 6.07) is 6.73. The highest BCUT2D eigenvalue weighted by Gasteiger charge is 2.19. The van der Waals surface area contributed by atoms with E-state index in [1.807, 2.05) is 12.1 Å². The third kappa shape index (κ3) is 2.93. The molecule has 17 heavy (non-hydrogen) atoms. The van der Waals surface area contributed by atoms with Crippen molar-refractivity contribution in [1.29, 1.82) is 0 Å². The highest BCUT2D eigenvalue weighted by Crippen LogP contribution is 2.30. The number of aryl methyl sites for hydroxylation is 1. The van der Waals surface area contributed by atoms with E-state index in [0.29, 0.717) is 6.04 Å². The first-order valence-corrected chi connectivity index (χ1v) is 6.83. The van der Waals surface area contributed by atoms with Crippen LogP contribution in [0.2, 0.25) is 5.02 Å². The van der Waals surface area contributed by atoms with Gasteiger partial charge in [0.05, 0.1) is 10.7 Å². The predicted molar refractivity (Wildman–Crippen MR) is 75.1 cm³/mol. The molecule has 1 heterocycles. The number of hydrogen-bond donors (Lipinski definition) is 1. The summed E-state index contributed by atoms with van der Waals surface area (Å²) in [6.07, 6.45) is 2.35. The highest BCUT2D eigenvalue weighted by atomic mass is 35.5. The zero-order valence-electron chi connectivity index (χ0n) is 10.7. The van der Waals surface area contributed by atoms with Crippen molar-refractivity contribution in [1.82, 2.24) is 5.32 Å². The van der Waals surface area contributed by atoms with Crippen LogP contribution in [0.4, 0.5) is 5.69 Å². The van der Waals surface area contributed by atoms with Gasteiger partial charge in [-0.3, -0.25) is 0 Å². The summed E-state index contributed by atoms with van der Waals surface area (Å²) in [5, 5.41) is 4.46. The third-order valence-corrected chi connectivity index (χ3v) is 3.78. The Kier molecular flexibility index (Phi) is 4.30. The van der Waals surface area contributed by atoms with Crippen molar-refractivity contribution in [3.63, 3.8) is 0 Å². The van der Waals surface area contributed by atoms with E-state index in [1.165, 1.54) is 24.1 Å². The lowest BCUT2D eigenvalue weighted by Gasteiger charge is -2.28. The van der Waals surface area contributed by atoms with Crippen molar-refractivity contribution >= 4 is 17.3 Å². The maximum atomic E-state index is 6.34. The second-order valence-corrected chi connectivity index (χ2v) is 5.17. The van der Waals surface area contributed by atoms with Crippen molar-refractivity contribution in [2.45, 2.75) is 32.7 Å². The van der Waals surface area contributed by atoms with Crippen LogP contribution in [0.15, 0.2) is 18.2 Å². The van der Waals surface area contributed by atoms with Crippen LogP contribution in [0.5, 0.6) is 0 Å². The van der Waals surface area contributed by atoms with Crippen LogP contribution >= 0.6 is 11.6 Å². The van der Waals surface area contributed by atoms with Crippen molar-refractivity contribution in [3.05, 3.63) is 28.8 Å². The average Bonchev–Trinajstić information content (AvgIpc) is 2.54. The molecule has 1 aliphatic rings. The Labute approximate surface area is 109 Å². The minimum absolute atomic E-state index is 0.577. The fraction of sp³-hybridized carbons (Fsp3) is 0.571. The Bertz CT molecular complexity index is 358. The molecule has 0 aromatic heterocycles. The summed E-state index contributed by atoms with van der Waals surface area (Å²) in [5.74, 6) is 0. The number of rotatable bonds is 2. The van der Waals surface area contributed by atoms with Crippen LogP contribution in [0.25, 0.3) is 0 Å². The molecule has 1 atom stereocenters. The van der Waals surface area contributed by atoms with Crippen LogP contribution < -0.4 is 10.2 Å². The molecule has 1 unspecified atom stereocenters. The van der Waals surface area contributed by atoms with E-state index in [0.717, 1.165) is 24.7 Å². The Hall–Kier alpha value is -0.730. The van der Waals surface area contributed by atoms with E-state index < -0.39 is 0 Å². The van der Waals surface area contributed by atoms with E-state index in [9.17, 15) is 0 Å². The Morgan fingerprint density at radius 1 is 1.47 bits per heavy atom. The van der Waals surface area contributed by atoms with Crippen molar-refractivity contribution in [3.8, 4) is 0 Å². The molecule has 2 nitrogen and oxygen atoms in total. The van der Waals surface area contributed by atoms with Crippen LogP contribution in [0.3, 0.4) is 0 Å². The summed E-state index contributed by atoms with van der Waals surface area (Å²) in [5.41, 5.74) is 2.49. The van der Waals surface area contributed by atoms with Crippen LogP contribution in [0, 0.1) is 6.92 Å².